The van der Waals surface area contributed by atoms with Gasteiger partial charge in [0.1, 0.15) is 0 Å². The summed E-state index contributed by atoms with van der Waals surface area (Å²) in [6.07, 6.45) is -10.5. The molecule has 4 nitrogen and oxygen atoms in total. The molecule has 0 saturated heterocycles. The second kappa shape index (κ2) is 33.5. The summed E-state index contributed by atoms with van der Waals surface area (Å²) < 4.78 is 127. The van der Waals surface area contributed by atoms with Gasteiger partial charge in [-0.15, -0.1) is 0 Å². The molecule has 0 atom stereocenters. The SMILES string of the molecule is [2H]C([2H])(c1cc(-c2cccc(C(C)(C)C)c2)c(N2c3cc(-n4c5ccc(C([2H])([2H])C(C)(C)C)cc5c5cc(C([2H])([2H])C(C)(C)C)ccc54)ccc3B3c4ccc(-n5c6ccc(C([2H])([2H])C(C)(C)C)cc6c6cc(C([2H])([2H])C(C)(C)C)ccc65)cc4N(c4c(-c5cccc(C(C)(C)C)c5)cc(C([2H])([2H])C(C)(C)C)cc4-c4cccc(C(C)(C)C)c4)c4cc(CC(C)(C)C)cc2c43)c(-c2cccc(C(C)(C)C)c2)c1)C(C)(C)C. The van der Waals surface area contributed by atoms with Crippen LogP contribution in [0.25, 0.3) is 99.5 Å². The molecule has 2 aliphatic rings. The maximum absolute atomic E-state index is 10.8. The molecular weight excluding hydrogens is 1620 g/mol. The quantitative estimate of drug-likeness (QED) is 0.0951. The average molecular weight is 1780 g/mol. The van der Waals surface area contributed by atoms with Crippen LogP contribution in [0.3, 0.4) is 0 Å². The number of anilines is 6. The Kier molecular flexibility index (Phi) is 20.1. The molecule has 0 saturated carbocycles. The second-order valence-electron chi connectivity index (χ2n) is 50.4. The molecule has 0 radical (unpaired) electrons. The van der Waals surface area contributed by atoms with Gasteiger partial charge in [0, 0.05) is 94.4 Å². The summed E-state index contributed by atoms with van der Waals surface area (Å²) in [4.78, 5) is 5.11. The van der Waals surface area contributed by atoms with E-state index in [0.29, 0.717) is 39.8 Å². The lowest BCUT2D eigenvalue weighted by Crippen LogP contribution is -2.61. The Morgan fingerprint density at radius 3 is 0.724 bits per heavy atom. The molecule has 0 amide bonds. The average Bonchev–Trinajstić information content (AvgIpc) is 0.861. The fourth-order valence-corrected chi connectivity index (χ4v) is 20.4. The van der Waals surface area contributed by atoms with E-state index in [0.717, 1.165) is 178 Å². The van der Waals surface area contributed by atoms with Crippen molar-refractivity contribution in [2.75, 3.05) is 9.80 Å². The van der Waals surface area contributed by atoms with Crippen molar-refractivity contribution in [1.29, 1.82) is 0 Å². The van der Waals surface area contributed by atoms with Crippen LogP contribution in [0.15, 0.2) is 243 Å². The molecule has 2 aliphatic heterocycles. The van der Waals surface area contributed by atoms with Crippen LogP contribution in [0.2, 0.25) is 0 Å². The van der Waals surface area contributed by atoms with Crippen LogP contribution in [-0.2, 0) is 66.3 Å². The third-order valence-electron chi connectivity index (χ3n) is 25.8. The standard InChI is InChI=1S/C129H153BN4/c1-119(2,3)74-81-46-54-108-102(58-81)103-59-82(75-120(4,5)6)47-55-109(103)131(108)96-50-52-106-112(72-96)133(117-98(88-38-34-42-92(68-88)126(22,23)24)62-85(78-123(13,14)15)63-99(117)89-39-35-43-93(69-89)127(25,26)27)114-66-87(80-125(19,20)21)67-115-116(114)130(106)107-53-51-97(132-110-56-48-83(76-121(7,8)9)60-104(110)105-61-84(49-57-111(105)132)77-122(10,11)12)73-113(107)134(115)118-100(90-40-36-44-94(70-90)128(28,29)30)64-86(79-124(16,17)18)65-101(118)91-41-37-45-95(71-91)129(31,32)33/h34-73H,74-80H2,1-33H3/i74D2,75D2,76D2,77D2,78D2,79D2. The van der Waals surface area contributed by atoms with E-state index in [1.54, 1.807) is 0 Å². The van der Waals surface area contributed by atoms with Gasteiger partial charge in [0.2, 0.25) is 0 Å². The molecule has 4 heterocycles. The van der Waals surface area contributed by atoms with E-state index >= 15 is 0 Å². The highest BCUT2D eigenvalue weighted by Crippen LogP contribution is 2.57. The van der Waals surface area contributed by atoms with Gasteiger partial charge < -0.3 is 18.9 Å². The van der Waals surface area contributed by atoms with Crippen LogP contribution < -0.4 is 26.2 Å². The van der Waals surface area contributed by atoms with Crippen LogP contribution in [0.1, 0.15) is 306 Å². The minimum Gasteiger partial charge on any atom is -0.310 e. The molecule has 5 heteroatoms. The van der Waals surface area contributed by atoms with E-state index in [1.807, 2.05) is 173 Å². The van der Waals surface area contributed by atoms with Gasteiger partial charge in [-0.2, -0.15) is 0 Å². The first-order valence-electron chi connectivity index (χ1n) is 54.9. The first-order chi connectivity index (χ1) is 66.9. The van der Waals surface area contributed by atoms with E-state index in [-0.39, 0.29) is 27.1 Å². The van der Waals surface area contributed by atoms with Gasteiger partial charge in [0.15, 0.2) is 0 Å². The van der Waals surface area contributed by atoms with E-state index in [2.05, 4.69) is 317 Å². The van der Waals surface area contributed by atoms with Gasteiger partial charge in [-0.05, 0) is 313 Å². The number of hydrogen-bond acceptors (Lipinski definition) is 2. The van der Waals surface area contributed by atoms with Crippen molar-refractivity contribution in [2.24, 2.45) is 37.9 Å². The highest BCUT2D eigenvalue weighted by molar-refractivity contribution is 7.00. The molecule has 2 aromatic heterocycles. The van der Waals surface area contributed by atoms with Crippen molar-refractivity contribution in [3.05, 3.63) is 304 Å². The van der Waals surface area contributed by atoms with Gasteiger partial charge in [-0.25, -0.2) is 0 Å². The Hall–Kier alpha value is -10.9. The Bertz CT molecular complexity index is 6980. The molecular formula is C129H153BN4. The molecule has 0 N–H and O–H groups in total. The van der Waals surface area contributed by atoms with Crippen LogP contribution in [0, 0.1) is 37.9 Å². The number of fused-ring (bicyclic) bond motifs is 10. The summed E-state index contributed by atoms with van der Waals surface area (Å²) in [5.41, 5.74) is 21.1. The molecule has 0 bridgehead atoms. The predicted molar refractivity (Wildman–Crippen MR) is 588 cm³/mol. The van der Waals surface area contributed by atoms with Gasteiger partial charge in [0.05, 0.1) is 33.4 Å². The Morgan fingerprint density at radius 1 is 0.231 bits per heavy atom. The third-order valence-corrected chi connectivity index (χ3v) is 25.8. The summed E-state index contributed by atoms with van der Waals surface area (Å²) in [5, 5.41) is 3.09. The molecule has 0 aliphatic carbocycles. The smallest absolute Gasteiger partial charge is 0.252 e. The monoisotopic (exact) mass is 1780 g/mol. The summed E-state index contributed by atoms with van der Waals surface area (Å²) in [6.45, 7) is 68.5. The van der Waals surface area contributed by atoms with Crippen molar-refractivity contribution in [2.45, 2.75) is 295 Å². The molecule has 692 valence electrons. The highest BCUT2D eigenvalue weighted by Gasteiger charge is 2.47. The van der Waals surface area contributed by atoms with Crippen molar-refractivity contribution < 1.29 is 16.4 Å². The van der Waals surface area contributed by atoms with Crippen LogP contribution in [0.4, 0.5) is 34.1 Å². The number of hydrogen-bond donors (Lipinski definition) is 0. The first kappa shape index (κ1) is 80.4. The number of aromatic nitrogens is 2. The molecule has 134 heavy (non-hydrogen) atoms. The van der Waals surface area contributed by atoms with Crippen molar-refractivity contribution in [3.8, 4) is 55.9 Å². The fraction of sp³-hybridized carbons (Fsp3) is 0.395. The van der Waals surface area contributed by atoms with Crippen LogP contribution in [-0.4, -0.2) is 15.8 Å². The Morgan fingerprint density at radius 2 is 0.485 bits per heavy atom. The fourth-order valence-electron chi connectivity index (χ4n) is 20.4. The lowest BCUT2D eigenvalue weighted by atomic mass is 9.33. The van der Waals surface area contributed by atoms with Crippen molar-refractivity contribution in [1.82, 2.24) is 9.13 Å². The number of benzene rings is 13. The molecule has 0 unspecified atom stereocenters. The molecule has 0 spiro atoms. The van der Waals surface area contributed by atoms with Crippen molar-refractivity contribution in [3.63, 3.8) is 0 Å². The second-order valence-corrected chi connectivity index (χ2v) is 50.4. The van der Waals surface area contributed by atoms with E-state index < -0.39 is 77.4 Å². The van der Waals surface area contributed by atoms with E-state index in [1.165, 1.54) is 0 Å². The zero-order valence-electron chi connectivity index (χ0n) is 98.7. The molecule has 17 rings (SSSR count). The molecule has 0 fully saturated rings. The minimum absolute atomic E-state index is 0.348. The summed E-state index contributed by atoms with van der Waals surface area (Å²) in [7, 11) is 0. The zero-order valence-corrected chi connectivity index (χ0v) is 86.7. The number of rotatable bonds is 15. The molecule has 15 aromatic rings. The Labute approximate surface area is 823 Å². The Balaban J connectivity index is 1.14. The molecule has 13 aromatic carbocycles. The van der Waals surface area contributed by atoms with Crippen LogP contribution in [0.5, 0.6) is 0 Å². The van der Waals surface area contributed by atoms with Gasteiger partial charge in [-0.1, -0.05) is 362 Å². The highest BCUT2D eigenvalue weighted by atomic mass is 15.2. The largest absolute Gasteiger partial charge is 0.310 e. The van der Waals surface area contributed by atoms with Gasteiger partial charge in [0.25, 0.3) is 6.71 Å². The lowest BCUT2D eigenvalue weighted by Gasteiger charge is -2.46. The summed E-state index contributed by atoms with van der Waals surface area (Å²) in [5.74, 6) is 0. The van der Waals surface area contributed by atoms with Gasteiger partial charge in [-0.3, -0.25) is 0 Å². The van der Waals surface area contributed by atoms with E-state index in [4.69, 9.17) is 0 Å². The third kappa shape index (κ3) is 19.7. The van der Waals surface area contributed by atoms with Crippen molar-refractivity contribution >= 4 is 101 Å². The zero-order chi connectivity index (χ0) is 107. The summed E-state index contributed by atoms with van der Waals surface area (Å²) >= 11 is 0. The minimum atomic E-state index is -1.94. The lowest BCUT2D eigenvalue weighted by molar-refractivity contribution is 0.411. The summed E-state index contributed by atoms with van der Waals surface area (Å²) in [6, 6.07) is 87.0. The van der Waals surface area contributed by atoms with E-state index in [9.17, 15) is 16.4 Å². The number of nitrogens with zero attached hydrogens (tertiary/aromatic N) is 4. The maximum Gasteiger partial charge on any atom is 0.252 e. The maximum atomic E-state index is 10.8. The normalized spacial score (nSPS) is 15.8. The van der Waals surface area contributed by atoms with Gasteiger partial charge >= 0.3 is 0 Å². The van der Waals surface area contributed by atoms with Crippen LogP contribution >= 0.6 is 0 Å². The predicted octanol–water partition coefficient (Wildman–Crippen LogP) is 34.9. The topological polar surface area (TPSA) is 16.3 Å². The first-order valence-corrected chi connectivity index (χ1v) is 48.9.